The highest BCUT2D eigenvalue weighted by molar-refractivity contribution is 7.27. The number of benzene rings is 5. The number of hydrogen-bond donors (Lipinski definition) is 0. The second-order valence-electron chi connectivity index (χ2n) is 12.9. The number of hydrogen-bond acceptors (Lipinski definition) is 1. The van der Waals surface area contributed by atoms with Crippen molar-refractivity contribution in [2.75, 3.05) is 7.11 Å². The van der Waals surface area contributed by atoms with E-state index in [9.17, 15) is 0 Å². The molecule has 0 saturated heterocycles. The fourth-order valence-corrected chi connectivity index (χ4v) is 8.78. The van der Waals surface area contributed by atoms with E-state index in [-0.39, 0.29) is 5.82 Å². The minimum Gasteiger partial charge on any atom is -0.492 e. The fraction of sp³-hybridized carbons (Fsp3) is 0.268. The average Bonchev–Trinajstić information content (AvgIpc) is 3.84. The summed E-state index contributed by atoms with van der Waals surface area (Å²) >= 11 is 0. The number of rotatable bonds is 7. The normalized spacial score (nSPS) is 15.5. The molecule has 2 aliphatic rings. The number of ether oxygens (including phenoxy) is 1. The van der Waals surface area contributed by atoms with Crippen LogP contribution in [0.1, 0.15) is 74.3 Å². The van der Waals surface area contributed by atoms with E-state index < -0.39 is 6.15 Å². The number of methoxy groups -OCH3 is 1. The second kappa shape index (κ2) is 14.6. The summed E-state index contributed by atoms with van der Waals surface area (Å²) in [6, 6.07) is 45.6. The van der Waals surface area contributed by atoms with Crippen LogP contribution in [-0.2, 0) is 0 Å². The molecule has 5 aromatic rings. The van der Waals surface area contributed by atoms with E-state index in [0.717, 1.165) is 47.9 Å². The topological polar surface area (TPSA) is 9.23 Å². The summed E-state index contributed by atoms with van der Waals surface area (Å²) in [6.07, 6.45) is 8.25. The molecule has 0 N–H and O–H groups in total. The summed E-state index contributed by atoms with van der Waals surface area (Å²) in [5.41, 5.74) is 7.21. The summed E-state index contributed by atoms with van der Waals surface area (Å²) in [6.45, 7) is 0. The summed E-state index contributed by atoms with van der Waals surface area (Å²) in [4.78, 5) is 0. The van der Waals surface area contributed by atoms with Crippen molar-refractivity contribution in [3.8, 4) is 5.75 Å². The van der Waals surface area contributed by atoms with Gasteiger partial charge in [0.15, 0.2) is 5.75 Å². The Morgan fingerprint density at radius 3 is 1.29 bits per heavy atom. The van der Waals surface area contributed by atoms with Crippen molar-refractivity contribution < 1.29 is 9.13 Å². The van der Waals surface area contributed by atoms with E-state index in [0.29, 0.717) is 11.8 Å². The van der Waals surface area contributed by atoms with E-state index in [2.05, 4.69) is 127 Å². The molecular weight excluding hydrogens is 569 g/mol. The quantitative estimate of drug-likeness (QED) is 0.137. The van der Waals surface area contributed by atoms with Crippen molar-refractivity contribution in [3.63, 3.8) is 0 Å². The van der Waals surface area contributed by atoms with E-state index in [4.69, 9.17) is 4.74 Å². The zero-order valence-corrected chi connectivity index (χ0v) is 27.9. The van der Waals surface area contributed by atoms with E-state index in [1.807, 2.05) is 9.24 Å². The molecule has 0 spiro atoms. The minimum atomic E-state index is -1.22. The largest absolute Gasteiger partial charge is 0.492 e. The predicted molar refractivity (Wildman–Crippen MR) is 196 cm³/mol. The Balaban J connectivity index is 0.000000163. The molecule has 2 aliphatic carbocycles. The minimum absolute atomic E-state index is 0.0519. The summed E-state index contributed by atoms with van der Waals surface area (Å²) in [5.74, 6) is 1.67. The van der Waals surface area contributed by atoms with Gasteiger partial charge in [-0.3, -0.25) is 0 Å². The van der Waals surface area contributed by atoms with Gasteiger partial charge in [-0.25, -0.2) is 4.39 Å². The molecule has 230 valence electrons. The first-order chi connectivity index (χ1) is 22.1. The lowest BCUT2D eigenvalue weighted by Gasteiger charge is -2.44. The van der Waals surface area contributed by atoms with Gasteiger partial charge in [-0.2, -0.15) is 21.9 Å². The van der Waals surface area contributed by atoms with E-state index in [1.54, 1.807) is 7.11 Å². The van der Waals surface area contributed by atoms with Crippen molar-refractivity contribution in [2.45, 2.75) is 63.2 Å². The summed E-state index contributed by atoms with van der Waals surface area (Å²) in [7, 11) is 3.52. The molecule has 45 heavy (non-hydrogen) atoms. The molecule has 0 amide bonds. The third-order valence-corrected chi connectivity index (χ3v) is 10.8. The predicted octanol–water partition coefficient (Wildman–Crippen LogP) is 7.45. The molecule has 1 nitrogen and oxygen atoms in total. The van der Waals surface area contributed by atoms with Gasteiger partial charge in [0.25, 0.3) is 0 Å². The Morgan fingerprint density at radius 1 is 0.578 bits per heavy atom. The molecule has 0 heterocycles. The van der Waals surface area contributed by atoms with Gasteiger partial charge in [0, 0.05) is 14.8 Å². The highest BCUT2D eigenvalue weighted by Crippen LogP contribution is 2.44. The molecule has 0 radical (unpaired) electrons. The monoisotopic (exact) mass is 614 g/mol. The van der Waals surface area contributed by atoms with E-state index >= 15 is 4.39 Å². The van der Waals surface area contributed by atoms with Crippen molar-refractivity contribution in [2.24, 2.45) is 0 Å². The Kier molecular flexibility index (Phi) is 10.2. The zero-order valence-electron chi connectivity index (χ0n) is 26.5. The summed E-state index contributed by atoms with van der Waals surface area (Å²) in [5, 5.41) is 1.14. The molecule has 2 fully saturated rings. The lowest BCUT2D eigenvalue weighted by Crippen LogP contribution is -2.74. The summed E-state index contributed by atoms with van der Waals surface area (Å²) < 4.78 is 20.7. The van der Waals surface area contributed by atoms with Crippen LogP contribution in [0.2, 0.25) is 0 Å². The first-order valence-corrected chi connectivity index (χ1v) is 17.4. The highest BCUT2D eigenvalue weighted by atomic mass is 31.0. The smallest absolute Gasteiger partial charge is 0.166 e. The standard InChI is InChI=1S/C24H20B.C17H24FOP/c1-5-13-21(14-6-1)25(22-15-7-2-8-16-22,23-17-9-3-10-18-23)24-19-11-4-12-20-24;1-19-17-14(20)10-13(11-6-2-3-7-11)16(18)15(17)12-8-4-5-9-12/h1-20H;10-12H,2-9,20H2,1H3/q-1;/p+1. The van der Waals surface area contributed by atoms with Crippen molar-refractivity contribution in [1.82, 2.24) is 0 Å². The van der Waals surface area contributed by atoms with Crippen LogP contribution in [0.3, 0.4) is 0 Å². The maximum Gasteiger partial charge on any atom is 0.166 e. The Labute approximate surface area is 271 Å². The SMILES string of the molecule is COc1c([PH3+])cc(C2CCCC2)c(F)c1C1CCCC1.c1ccc([B-](c2ccccc2)(c2ccccc2)c2ccccc2)cc1. The average molecular weight is 615 g/mol. The van der Waals surface area contributed by atoms with Crippen molar-refractivity contribution in [3.05, 3.63) is 144 Å². The maximum atomic E-state index is 15.1. The molecule has 4 heteroatoms. The second-order valence-corrected chi connectivity index (χ2v) is 13.6. The third-order valence-electron chi connectivity index (χ3n) is 10.3. The van der Waals surface area contributed by atoms with Crippen LogP contribution >= 0.6 is 9.24 Å². The Bertz CT molecular complexity index is 1490. The van der Waals surface area contributed by atoms with Gasteiger partial charge in [0.1, 0.15) is 17.3 Å². The molecule has 7 rings (SSSR count). The van der Waals surface area contributed by atoms with Crippen molar-refractivity contribution in [1.29, 1.82) is 0 Å². The van der Waals surface area contributed by atoms with Gasteiger partial charge in [-0.1, -0.05) is 147 Å². The van der Waals surface area contributed by atoms with Crippen LogP contribution in [0.25, 0.3) is 0 Å². The Morgan fingerprint density at radius 2 is 0.933 bits per heavy atom. The van der Waals surface area contributed by atoms with Gasteiger partial charge in [0.2, 0.25) is 0 Å². The maximum absolute atomic E-state index is 15.1. The molecule has 1 unspecified atom stereocenters. The molecule has 2 saturated carbocycles. The van der Waals surface area contributed by atoms with Crippen molar-refractivity contribution >= 4 is 42.5 Å². The molecule has 0 bridgehead atoms. The lowest BCUT2D eigenvalue weighted by atomic mass is 9.13. The van der Waals surface area contributed by atoms with Gasteiger partial charge >= 0.3 is 0 Å². The van der Waals surface area contributed by atoms with Crippen LogP contribution in [0.15, 0.2) is 127 Å². The van der Waals surface area contributed by atoms with Gasteiger partial charge in [-0.05, 0) is 49.1 Å². The molecule has 0 aliphatic heterocycles. The molecule has 5 aromatic carbocycles. The highest BCUT2D eigenvalue weighted by Gasteiger charge is 2.32. The van der Waals surface area contributed by atoms with E-state index in [1.165, 1.54) is 47.5 Å². The lowest BCUT2D eigenvalue weighted by molar-refractivity contribution is 0.400. The van der Waals surface area contributed by atoms with Gasteiger partial charge < -0.3 is 4.74 Å². The van der Waals surface area contributed by atoms with Crippen LogP contribution in [0, 0.1) is 5.82 Å². The van der Waals surface area contributed by atoms with Crippen LogP contribution < -0.4 is 31.9 Å². The Hall–Kier alpha value is -3.68. The fourth-order valence-electron chi connectivity index (χ4n) is 8.22. The van der Waals surface area contributed by atoms with Gasteiger partial charge in [0.05, 0.1) is 7.11 Å². The first-order valence-electron chi connectivity index (χ1n) is 16.7. The number of halogens is 1. The van der Waals surface area contributed by atoms with Crippen LogP contribution in [0.5, 0.6) is 5.75 Å². The molecule has 0 aromatic heterocycles. The van der Waals surface area contributed by atoms with Gasteiger partial charge in [-0.15, -0.1) is 0 Å². The third kappa shape index (κ3) is 6.38. The van der Waals surface area contributed by atoms with Crippen LogP contribution in [-0.4, -0.2) is 13.3 Å². The van der Waals surface area contributed by atoms with Crippen LogP contribution in [0.4, 0.5) is 4.39 Å². The first kappa shape index (κ1) is 31.3. The molecular formula is C41H45BFOP. The molecule has 1 atom stereocenters. The zero-order chi connectivity index (χ0) is 31.1.